The molecule has 2 unspecified atom stereocenters. The first-order chi connectivity index (χ1) is 19.9. The summed E-state index contributed by atoms with van der Waals surface area (Å²) in [7, 11) is 1.72. The molecule has 0 radical (unpaired) electrons. The Balaban J connectivity index is 1.03. The molecule has 3 aliphatic rings. The number of nitrogens with one attached hydrogen (secondary N) is 1. The van der Waals surface area contributed by atoms with E-state index in [1.165, 1.54) is 4.80 Å². The highest BCUT2D eigenvalue weighted by atomic mass is 35.5. The number of halogens is 2. The largest absolute Gasteiger partial charge is 0.373 e. The number of tetrazole rings is 1. The summed E-state index contributed by atoms with van der Waals surface area (Å²) in [5.41, 5.74) is 3.75. The van der Waals surface area contributed by atoms with Gasteiger partial charge in [-0.25, -0.2) is 4.79 Å². The number of carbonyl (C=O) groups excluding carboxylic acids is 1. The molecule has 1 saturated carbocycles. The number of hydrogen-bond acceptors (Lipinski definition) is 7. The van der Waals surface area contributed by atoms with Gasteiger partial charge in [0.05, 0.1) is 29.8 Å². The molecule has 12 heteroatoms. The van der Waals surface area contributed by atoms with Crippen LogP contribution in [0.3, 0.4) is 0 Å². The van der Waals surface area contributed by atoms with Crippen molar-refractivity contribution in [1.29, 1.82) is 0 Å². The fourth-order valence-electron chi connectivity index (χ4n) is 6.17. The van der Waals surface area contributed by atoms with Crippen LogP contribution in [0.15, 0.2) is 47.0 Å². The van der Waals surface area contributed by atoms with Gasteiger partial charge in [0, 0.05) is 40.4 Å². The highest BCUT2D eigenvalue weighted by molar-refractivity contribution is 6.39. The average molecular weight is 595 g/mol. The molecule has 2 amide bonds. The Kier molecular flexibility index (Phi) is 6.92. The lowest BCUT2D eigenvalue weighted by molar-refractivity contribution is -0.0158. The van der Waals surface area contributed by atoms with E-state index in [2.05, 4.69) is 25.9 Å². The van der Waals surface area contributed by atoms with Gasteiger partial charge in [-0.2, -0.15) is 4.80 Å². The van der Waals surface area contributed by atoms with Gasteiger partial charge in [0.25, 0.3) is 0 Å². The fourth-order valence-corrected chi connectivity index (χ4v) is 6.74. The lowest BCUT2D eigenvalue weighted by atomic mass is 9.99. The van der Waals surface area contributed by atoms with E-state index in [-0.39, 0.29) is 24.2 Å². The first-order valence-electron chi connectivity index (χ1n) is 13.9. The normalized spacial score (nSPS) is 21.8. The van der Waals surface area contributed by atoms with Crippen molar-refractivity contribution < 1.29 is 14.1 Å². The third-order valence-corrected chi connectivity index (χ3v) is 8.86. The predicted molar refractivity (Wildman–Crippen MR) is 154 cm³/mol. The van der Waals surface area contributed by atoms with Crippen LogP contribution in [-0.2, 0) is 18.4 Å². The van der Waals surface area contributed by atoms with E-state index in [1.54, 1.807) is 19.2 Å². The van der Waals surface area contributed by atoms with Crippen LogP contribution in [0, 0.1) is 0 Å². The SMILES string of the molecule is Cn1nnc(-c2cccc(NC(=O)N3C4CC[C@H]3CC(OCc3c(-c5c(Cl)cccc5Cl)noc3C3CC3)C4)c2)n1. The number of fused-ring (bicyclic) bond motifs is 2. The van der Waals surface area contributed by atoms with Crippen molar-refractivity contribution in [2.24, 2.45) is 7.05 Å². The van der Waals surface area contributed by atoms with E-state index in [0.29, 0.717) is 45.3 Å². The molecule has 7 rings (SSSR count). The van der Waals surface area contributed by atoms with Gasteiger partial charge in [-0.1, -0.05) is 46.6 Å². The number of carbonyl (C=O) groups is 1. The van der Waals surface area contributed by atoms with Crippen molar-refractivity contribution in [2.45, 2.75) is 69.2 Å². The van der Waals surface area contributed by atoms with Crippen LogP contribution in [0.25, 0.3) is 22.6 Å². The number of anilines is 1. The Bertz CT molecular complexity index is 1570. The standard InChI is InChI=1S/C29H29Cl2N7O3/c1-37-34-28(33-36-37)17-4-2-5-18(12-17)32-29(39)38-19-10-11-20(38)14-21(13-19)40-15-22-26(35-41-27(22)16-8-9-16)25-23(30)6-3-7-24(25)31/h2-7,12,16,19-21H,8-11,13-15H2,1H3,(H,32,39)/t19-,20?,21?/m0/s1. The molecule has 1 aliphatic carbocycles. The number of hydrogen-bond donors (Lipinski definition) is 1. The van der Waals surface area contributed by atoms with Crippen LogP contribution < -0.4 is 5.32 Å². The van der Waals surface area contributed by atoms with E-state index in [4.69, 9.17) is 32.5 Å². The van der Waals surface area contributed by atoms with Crippen LogP contribution in [0.5, 0.6) is 0 Å². The summed E-state index contributed by atoms with van der Waals surface area (Å²) in [4.78, 5) is 16.8. The molecule has 3 atom stereocenters. The van der Waals surface area contributed by atoms with Gasteiger partial charge < -0.3 is 19.5 Å². The minimum Gasteiger partial charge on any atom is -0.373 e. The summed E-state index contributed by atoms with van der Waals surface area (Å²) in [6.07, 6.45) is 5.66. The smallest absolute Gasteiger partial charge is 0.322 e. The lowest BCUT2D eigenvalue weighted by Gasteiger charge is -2.38. The fraction of sp³-hybridized carbons (Fsp3) is 0.414. The Morgan fingerprint density at radius 1 is 1.07 bits per heavy atom. The van der Waals surface area contributed by atoms with Crippen LogP contribution in [0.1, 0.15) is 55.8 Å². The number of rotatable bonds is 7. The summed E-state index contributed by atoms with van der Waals surface area (Å²) in [6.45, 7) is 0.367. The predicted octanol–water partition coefficient (Wildman–Crippen LogP) is 6.46. The lowest BCUT2D eigenvalue weighted by Crippen LogP contribution is -2.50. The minimum absolute atomic E-state index is 0.0270. The van der Waals surface area contributed by atoms with Crippen molar-refractivity contribution in [3.05, 3.63) is 63.8 Å². The Morgan fingerprint density at radius 3 is 2.49 bits per heavy atom. The van der Waals surface area contributed by atoms with E-state index in [9.17, 15) is 4.79 Å². The molecule has 2 bridgehead atoms. The minimum atomic E-state index is -0.0918. The van der Waals surface area contributed by atoms with Gasteiger partial charge >= 0.3 is 6.03 Å². The monoisotopic (exact) mass is 593 g/mol. The van der Waals surface area contributed by atoms with Gasteiger partial charge in [0.2, 0.25) is 5.82 Å². The second-order valence-corrected chi connectivity index (χ2v) is 11.9. The first kappa shape index (κ1) is 26.4. The summed E-state index contributed by atoms with van der Waals surface area (Å²) in [6, 6.07) is 13.1. The van der Waals surface area contributed by atoms with Crippen molar-refractivity contribution in [3.63, 3.8) is 0 Å². The zero-order chi connectivity index (χ0) is 28.1. The molecule has 2 saturated heterocycles. The summed E-state index contributed by atoms with van der Waals surface area (Å²) < 4.78 is 12.3. The van der Waals surface area contributed by atoms with Gasteiger partial charge in [-0.05, 0) is 68.0 Å². The zero-order valence-corrected chi connectivity index (χ0v) is 24.0. The molecule has 212 valence electrons. The third-order valence-electron chi connectivity index (χ3n) is 8.23. The Labute approximate surface area is 246 Å². The summed E-state index contributed by atoms with van der Waals surface area (Å²) in [5, 5.41) is 20.7. The molecular formula is C29H29Cl2N7O3. The van der Waals surface area contributed by atoms with Crippen molar-refractivity contribution in [1.82, 2.24) is 30.3 Å². The molecule has 10 nitrogen and oxygen atoms in total. The van der Waals surface area contributed by atoms with E-state index in [0.717, 1.165) is 55.4 Å². The molecule has 1 N–H and O–H groups in total. The quantitative estimate of drug-likeness (QED) is 0.261. The van der Waals surface area contributed by atoms with Crippen molar-refractivity contribution in [3.8, 4) is 22.6 Å². The number of nitrogens with zero attached hydrogens (tertiary/aromatic N) is 6. The average Bonchev–Trinajstić information content (AvgIpc) is 3.47. The third kappa shape index (κ3) is 5.20. The Morgan fingerprint density at radius 2 is 1.80 bits per heavy atom. The highest BCUT2D eigenvalue weighted by Gasteiger charge is 2.44. The number of aromatic nitrogens is 5. The number of aryl methyl sites for hydroxylation is 1. The molecule has 2 aromatic heterocycles. The van der Waals surface area contributed by atoms with Crippen LogP contribution in [0.4, 0.5) is 10.5 Å². The van der Waals surface area contributed by atoms with Crippen molar-refractivity contribution in [2.75, 3.05) is 5.32 Å². The van der Waals surface area contributed by atoms with Crippen LogP contribution in [-0.4, -0.2) is 54.5 Å². The van der Waals surface area contributed by atoms with Crippen LogP contribution in [0.2, 0.25) is 10.0 Å². The molecule has 3 fully saturated rings. The molecule has 2 aromatic carbocycles. The van der Waals surface area contributed by atoms with Gasteiger partial charge in [-0.3, -0.25) is 0 Å². The van der Waals surface area contributed by atoms with E-state index < -0.39 is 0 Å². The van der Waals surface area contributed by atoms with Gasteiger partial charge in [0.15, 0.2) is 0 Å². The topological polar surface area (TPSA) is 111 Å². The Hall–Kier alpha value is -3.47. The highest BCUT2D eigenvalue weighted by Crippen LogP contribution is 2.46. The van der Waals surface area contributed by atoms with Gasteiger partial charge in [-0.15, -0.1) is 10.2 Å². The van der Waals surface area contributed by atoms with Crippen molar-refractivity contribution >= 4 is 34.9 Å². The second kappa shape index (κ2) is 10.7. The molecule has 41 heavy (non-hydrogen) atoms. The molecule has 4 aromatic rings. The van der Waals surface area contributed by atoms with Gasteiger partial charge in [0.1, 0.15) is 11.5 Å². The summed E-state index contributed by atoms with van der Waals surface area (Å²) in [5.74, 6) is 1.75. The van der Waals surface area contributed by atoms with E-state index >= 15 is 0 Å². The molecular weight excluding hydrogens is 565 g/mol. The van der Waals surface area contributed by atoms with Crippen LogP contribution >= 0.6 is 23.2 Å². The maximum absolute atomic E-state index is 13.4. The maximum Gasteiger partial charge on any atom is 0.322 e. The first-order valence-corrected chi connectivity index (χ1v) is 14.7. The zero-order valence-electron chi connectivity index (χ0n) is 22.5. The maximum atomic E-state index is 13.4. The molecule has 0 spiro atoms. The molecule has 2 aliphatic heterocycles. The number of amides is 2. The van der Waals surface area contributed by atoms with E-state index in [1.807, 2.05) is 35.2 Å². The number of urea groups is 1. The number of ether oxygens (including phenoxy) is 1. The molecule has 4 heterocycles. The number of piperidine rings is 1. The second-order valence-electron chi connectivity index (χ2n) is 11.1. The number of benzene rings is 2. The summed E-state index contributed by atoms with van der Waals surface area (Å²) >= 11 is 13.0.